The highest BCUT2D eigenvalue weighted by atomic mass is 35.5. The number of hydrogen-bond donors (Lipinski definition) is 1. The average Bonchev–Trinajstić information content (AvgIpc) is 2.76. The van der Waals surface area contributed by atoms with E-state index < -0.39 is 0 Å². The van der Waals surface area contributed by atoms with Gasteiger partial charge in [0.2, 0.25) is 0 Å². The highest BCUT2D eigenvalue weighted by molar-refractivity contribution is 7.15. The van der Waals surface area contributed by atoms with E-state index in [9.17, 15) is 0 Å². The topological polar surface area (TPSA) is 28.2 Å². The van der Waals surface area contributed by atoms with Gasteiger partial charge in [0.05, 0.1) is 0 Å². The number of nitrogens with zero attached hydrogens (tertiary/aromatic N) is 2. The summed E-state index contributed by atoms with van der Waals surface area (Å²) >= 11 is 7.49. The maximum Gasteiger partial charge on any atom is 0.183 e. The molecule has 2 heterocycles. The predicted octanol–water partition coefficient (Wildman–Crippen LogP) is 3.01. The van der Waals surface area contributed by atoms with Gasteiger partial charge in [0, 0.05) is 24.2 Å². The van der Waals surface area contributed by atoms with Crippen LogP contribution in [0.25, 0.3) is 0 Å². The second kappa shape index (κ2) is 7.43. The molecule has 0 aliphatic carbocycles. The van der Waals surface area contributed by atoms with Crippen molar-refractivity contribution in [3.05, 3.63) is 15.5 Å². The average molecular weight is 288 g/mol. The van der Waals surface area contributed by atoms with Gasteiger partial charge in [-0.1, -0.05) is 18.5 Å². The van der Waals surface area contributed by atoms with Gasteiger partial charge in [-0.05, 0) is 44.8 Å². The second-order valence-electron chi connectivity index (χ2n) is 5.03. The fourth-order valence-electron chi connectivity index (χ4n) is 2.57. The smallest absolute Gasteiger partial charge is 0.183 e. The van der Waals surface area contributed by atoms with Crippen LogP contribution >= 0.6 is 22.9 Å². The van der Waals surface area contributed by atoms with Crippen LogP contribution in [-0.4, -0.2) is 36.1 Å². The van der Waals surface area contributed by atoms with Crippen LogP contribution in [0.4, 0.5) is 0 Å². The number of piperidine rings is 1. The summed E-state index contributed by atoms with van der Waals surface area (Å²) < 4.78 is 0.654. The molecular formula is C13H22ClN3S. The fraction of sp³-hybridized carbons (Fsp3) is 0.769. The third-order valence-corrected chi connectivity index (χ3v) is 4.46. The van der Waals surface area contributed by atoms with Crippen molar-refractivity contribution in [1.29, 1.82) is 0 Å². The van der Waals surface area contributed by atoms with Gasteiger partial charge in [-0.2, -0.15) is 0 Å². The van der Waals surface area contributed by atoms with Crippen molar-refractivity contribution in [2.75, 3.05) is 26.2 Å². The molecule has 1 aliphatic heterocycles. The largest absolute Gasteiger partial charge is 0.316 e. The molecular weight excluding hydrogens is 266 g/mol. The van der Waals surface area contributed by atoms with Crippen molar-refractivity contribution < 1.29 is 0 Å². The molecule has 102 valence electrons. The summed E-state index contributed by atoms with van der Waals surface area (Å²) in [4.78, 5) is 7.94. The lowest BCUT2D eigenvalue weighted by Gasteiger charge is -2.29. The molecule has 1 aromatic heterocycles. The molecule has 1 N–H and O–H groups in total. The molecule has 1 unspecified atom stereocenters. The quantitative estimate of drug-likeness (QED) is 0.872. The lowest BCUT2D eigenvalue weighted by Crippen LogP contribution is -2.38. The molecule has 0 amide bonds. The minimum atomic E-state index is 0.654. The van der Waals surface area contributed by atoms with Crippen molar-refractivity contribution >= 4 is 22.9 Å². The van der Waals surface area contributed by atoms with E-state index in [-0.39, 0.29) is 0 Å². The Kier molecular flexibility index (Phi) is 5.89. The van der Waals surface area contributed by atoms with Crippen LogP contribution in [0.1, 0.15) is 31.1 Å². The van der Waals surface area contributed by atoms with Crippen molar-refractivity contribution in [2.24, 2.45) is 5.92 Å². The molecule has 0 saturated carbocycles. The van der Waals surface area contributed by atoms with Gasteiger partial charge in [-0.15, -0.1) is 11.3 Å². The van der Waals surface area contributed by atoms with Crippen LogP contribution in [-0.2, 0) is 6.54 Å². The van der Waals surface area contributed by atoms with E-state index in [0.29, 0.717) is 4.47 Å². The highest BCUT2D eigenvalue weighted by Crippen LogP contribution is 2.21. The summed E-state index contributed by atoms with van der Waals surface area (Å²) in [7, 11) is 0. The van der Waals surface area contributed by atoms with Crippen LogP contribution in [0.3, 0.4) is 0 Å². The first kappa shape index (κ1) is 14.3. The summed E-state index contributed by atoms with van der Waals surface area (Å²) in [5, 5.41) is 3.49. The molecule has 1 fully saturated rings. The molecule has 3 nitrogen and oxygen atoms in total. The monoisotopic (exact) mass is 287 g/mol. The Morgan fingerprint density at radius 2 is 2.50 bits per heavy atom. The zero-order valence-electron chi connectivity index (χ0n) is 11.0. The van der Waals surface area contributed by atoms with Crippen LogP contribution in [0.5, 0.6) is 0 Å². The zero-order valence-corrected chi connectivity index (χ0v) is 12.6. The number of thiazole rings is 1. The summed E-state index contributed by atoms with van der Waals surface area (Å²) in [6.45, 7) is 7.95. The number of aromatic nitrogens is 1. The van der Waals surface area contributed by atoms with Gasteiger partial charge >= 0.3 is 0 Å². The zero-order chi connectivity index (χ0) is 12.8. The van der Waals surface area contributed by atoms with Crippen LogP contribution in [0, 0.1) is 5.92 Å². The van der Waals surface area contributed by atoms with E-state index in [1.807, 2.05) is 6.20 Å². The number of rotatable bonds is 6. The first-order valence-electron chi connectivity index (χ1n) is 6.81. The van der Waals surface area contributed by atoms with Gasteiger partial charge < -0.3 is 5.32 Å². The summed E-state index contributed by atoms with van der Waals surface area (Å²) in [5.74, 6) is 0.800. The van der Waals surface area contributed by atoms with Gasteiger partial charge in [-0.3, -0.25) is 4.90 Å². The van der Waals surface area contributed by atoms with Crippen molar-refractivity contribution in [3.8, 4) is 0 Å². The summed E-state index contributed by atoms with van der Waals surface area (Å²) in [6, 6.07) is 0. The maximum atomic E-state index is 5.89. The normalized spacial score (nSPS) is 20.5. The first-order valence-corrected chi connectivity index (χ1v) is 8.00. The summed E-state index contributed by atoms with van der Waals surface area (Å²) in [6.07, 6.45) is 5.79. The van der Waals surface area contributed by atoms with Crippen LogP contribution in [0.15, 0.2) is 6.20 Å². The Morgan fingerprint density at radius 1 is 1.61 bits per heavy atom. The molecule has 18 heavy (non-hydrogen) atoms. The van der Waals surface area contributed by atoms with Gasteiger partial charge in [0.25, 0.3) is 0 Å². The van der Waals surface area contributed by atoms with Gasteiger partial charge in [0.15, 0.2) is 4.47 Å². The Bertz CT molecular complexity index is 350. The van der Waals surface area contributed by atoms with E-state index in [4.69, 9.17) is 11.6 Å². The standard InChI is InChI=1S/C13H22ClN3S/c1-2-6-17(9-11-4-3-5-15-7-11)10-12-8-16-13(14)18-12/h8,11,15H,2-7,9-10H2,1H3. The SMILES string of the molecule is CCCN(Cc1cnc(Cl)s1)CC1CCCNC1. The third-order valence-electron chi connectivity index (χ3n) is 3.36. The Hall–Kier alpha value is -0.160. The minimum Gasteiger partial charge on any atom is -0.316 e. The van der Waals surface area contributed by atoms with E-state index in [1.54, 1.807) is 11.3 Å². The molecule has 1 aromatic rings. The number of halogens is 1. The highest BCUT2D eigenvalue weighted by Gasteiger charge is 2.17. The Morgan fingerprint density at radius 3 is 3.11 bits per heavy atom. The molecule has 5 heteroatoms. The van der Waals surface area contributed by atoms with Crippen molar-refractivity contribution in [2.45, 2.75) is 32.7 Å². The van der Waals surface area contributed by atoms with E-state index in [2.05, 4.69) is 22.1 Å². The molecule has 1 aliphatic rings. The second-order valence-corrected chi connectivity index (χ2v) is 6.72. The molecule has 0 aromatic carbocycles. The molecule has 0 spiro atoms. The van der Waals surface area contributed by atoms with Crippen LogP contribution < -0.4 is 5.32 Å². The maximum absolute atomic E-state index is 5.89. The molecule has 0 bridgehead atoms. The first-order chi connectivity index (χ1) is 8.78. The Labute approximate surface area is 119 Å². The molecule has 2 rings (SSSR count). The predicted molar refractivity (Wildman–Crippen MR) is 78.3 cm³/mol. The summed E-state index contributed by atoms with van der Waals surface area (Å²) in [5.41, 5.74) is 0. The lowest BCUT2D eigenvalue weighted by atomic mass is 9.99. The Balaban J connectivity index is 1.86. The minimum absolute atomic E-state index is 0.654. The van der Waals surface area contributed by atoms with Crippen LogP contribution in [0.2, 0.25) is 4.47 Å². The van der Waals surface area contributed by atoms with Gasteiger partial charge in [-0.25, -0.2) is 4.98 Å². The molecule has 1 atom stereocenters. The molecule has 1 saturated heterocycles. The number of nitrogens with one attached hydrogen (secondary N) is 1. The van der Waals surface area contributed by atoms with Crippen molar-refractivity contribution in [1.82, 2.24) is 15.2 Å². The van der Waals surface area contributed by atoms with E-state index in [1.165, 1.54) is 43.8 Å². The third kappa shape index (κ3) is 4.50. The van der Waals surface area contributed by atoms with Crippen molar-refractivity contribution in [3.63, 3.8) is 0 Å². The lowest BCUT2D eigenvalue weighted by molar-refractivity contribution is 0.202. The van der Waals surface area contributed by atoms with Gasteiger partial charge in [0.1, 0.15) is 0 Å². The molecule has 0 radical (unpaired) electrons. The van der Waals surface area contributed by atoms with E-state index >= 15 is 0 Å². The number of hydrogen-bond acceptors (Lipinski definition) is 4. The van der Waals surface area contributed by atoms with E-state index in [0.717, 1.165) is 19.0 Å². The fourth-order valence-corrected chi connectivity index (χ4v) is 3.59.